The molecular weight excluding hydrogens is 434 g/mol. The van der Waals surface area contributed by atoms with Crippen molar-refractivity contribution in [2.45, 2.75) is 38.0 Å². The molecule has 1 saturated heterocycles. The third-order valence-electron chi connectivity index (χ3n) is 6.41. The Morgan fingerprint density at radius 2 is 1.97 bits per heavy atom. The van der Waals surface area contributed by atoms with E-state index in [1.54, 1.807) is 7.05 Å². The minimum absolute atomic E-state index is 0.000120. The van der Waals surface area contributed by atoms with Gasteiger partial charge in [0, 0.05) is 20.1 Å². The number of nitrogens with one attached hydrogen (secondary N) is 1. The molecule has 3 heterocycles. The molecule has 34 heavy (non-hydrogen) atoms. The molecule has 9 heteroatoms. The largest absolute Gasteiger partial charge is 0.489 e. The minimum Gasteiger partial charge on any atom is -0.489 e. The van der Waals surface area contributed by atoms with Crippen molar-refractivity contribution < 1.29 is 19.1 Å². The fourth-order valence-electron chi connectivity index (χ4n) is 4.63. The van der Waals surface area contributed by atoms with Gasteiger partial charge in [0.15, 0.2) is 0 Å². The van der Waals surface area contributed by atoms with Crippen LogP contribution < -0.4 is 9.64 Å². The highest BCUT2D eigenvalue weighted by atomic mass is 16.5. The lowest BCUT2D eigenvalue weighted by Gasteiger charge is -2.41. The second-order valence-electron chi connectivity index (χ2n) is 8.76. The normalized spacial score (nSPS) is 22.1. The van der Waals surface area contributed by atoms with Crippen LogP contribution in [0.1, 0.15) is 41.8 Å². The van der Waals surface area contributed by atoms with Gasteiger partial charge in [-0.1, -0.05) is 42.5 Å². The molecule has 2 aliphatic heterocycles. The summed E-state index contributed by atoms with van der Waals surface area (Å²) in [5.41, 5.74) is 0.730. The van der Waals surface area contributed by atoms with E-state index in [0.29, 0.717) is 36.7 Å². The van der Waals surface area contributed by atoms with E-state index >= 15 is 0 Å². The molecule has 1 aromatic heterocycles. The Labute approximate surface area is 197 Å². The summed E-state index contributed by atoms with van der Waals surface area (Å²) in [4.78, 5) is 34.8. The van der Waals surface area contributed by atoms with Crippen molar-refractivity contribution in [2.75, 3.05) is 25.2 Å². The number of H-pyrrole nitrogens is 1. The van der Waals surface area contributed by atoms with Gasteiger partial charge >= 0.3 is 0 Å². The third kappa shape index (κ3) is 4.03. The first-order valence-electron chi connectivity index (χ1n) is 11.4. The predicted octanol–water partition coefficient (Wildman–Crippen LogP) is 2.79. The Kier molecular flexibility index (Phi) is 5.79. The number of likely N-dealkylation sites (N-methyl/N-ethyl adjacent to an activating group) is 1. The number of benzene rings is 2. The Morgan fingerprint density at radius 1 is 1.21 bits per heavy atom. The van der Waals surface area contributed by atoms with Crippen molar-refractivity contribution in [2.24, 2.45) is 0 Å². The number of hydrogen-bond acceptors (Lipinski definition) is 6. The molecular formula is C25H27N5O4. The number of ether oxygens (including phenoxy) is 2. The van der Waals surface area contributed by atoms with Crippen LogP contribution in [0.5, 0.6) is 5.75 Å². The number of nitrogens with zero attached hydrogens (tertiary/aromatic N) is 4. The fourth-order valence-corrected chi connectivity index (χ4v) is 4.63. The van der Waals surface area contributed by atoms with Crippen LogP contribution in [0.15, 0.2) is 54.6 Å². The van der Waals surface area contributed by atoms with Crippen LogP contribution in [-0.4, -0.2) is 63.9 Å². The predicted molar refractivity (Wildman–Crippen MR) is 125 cm³/mol. The van der Waals surface area contributed by atoms with Crippen molar-refractivity contribution in [1.29, 1.82) is 0 Å². The van der Waals surface area contributed by atoms with Crippen LogP contribution in [0.3, 0.4) is 0 Å². The number of carbonyl (C=O) groups is 2. The van der Waals surface area contributed by atoms with Gasteiger partial charge in [0.05, 0.1) is 5.69 Å². The highest BCUT2D eigenvalue weighted by Crippen LogP contribution is 2.36. The van der Waals surface area contributed by atoms with E-state index in [2.05, 4.69) is 15.2 Å². The number of carbonyl (C=O) groups excluding carboxylic acids is 2. The zero-order valence-electron chi connectivity index (χ0n) is 19.2. The van der Waals surface area contributed by atoms with E-state index in [0.717, 1.165) is 12.0 Å². The van der Waals surface area contributed by atoms with Gasteiger partial charge in [-0.25, -0.2) is 4.98 Å². The van der Waals surface area contributed by atoms with E-state index < -0.39 is 17.7 Å². The monoisotopic (exact) mass is 461 g/mol. The fraction of sp³-hybridized carbons (Fsp3) is 0.360. The quantitative estimate of drug-likeness (QED) is 0.627. The summed E-state index contributed by atoms with van der Waals surface area (Å²) in [7, 11) is 1.69. The molecule has 1 fully saturated rings. The Bertz CT molecular complexity index is 1190. The number of hydrogen-bond donors (Lipinski definition) is 1. The van der Waals surface area contributed by atoms with Crippen molar-refractivity contribution in [3.63, 3.8) is 0 Å². The van der Waals surface area contributed by atoms with Gasteiger partial charge < -0.3 is 14.4 Å². The minimum atomic E-state index is -0.974. The number of rotatable bonds is 5. The molecule has 5 rings (SSSR count). The number of amides is 2. The molecule has 2 atom stereocenters. The first kappa shape index (κ1) is 22.1. The number of para-hydroxylation sites is 2. The van der Waals surface area contributed by atoms with Gasteiger partial charge in [0.2, 0.25) is 5.82 Å². The van der Waals surface area contributed by atoms with Gasteiger partial charge in [-0.2, -0.15) is 0 Å². The van der Waals surface area contributed by atoms with Crippen LogP contribution in [0.4, 0.5) is 5.69 Å². The maximum absolute atomic E-state index is 13.8. The topological polar surface area (TPSA) is 101 Å². The summed E-state index contributed by atoms with van der Waals surface area (Å²) in [5, 5.41) is 7.06. The van der Waals surface area contributed by atoms with Crippen LogP contribution in [0, 0.1) is 0 Å². The summed E-state index contributed by atoms with van der Waals surface area (Å²) in [6.45, 7) is 2.35. The molecule has 176 valence electrons. The third-order valence-corrected chi connectivity index (χ3v) is 6.41. The van der Waals surface area contributed by atoms with Crippen molar-refractivity contribution >= 4 is 17.5 Å². The molecule has 9 nitrogen and oxygen atoms in total. The van der Waals surface area contributed by atoms with Gasteiger partial charge in [0.25, 0.3) is 11.8 Å². The zero-order chi connectivity index (χ0) is 23.7. The van der Waals surface area contributed by atoms with E-state index in [1.165, 1.54) is 9.80 Å². The second kappa shape index (κ2) is 8.90. The summed E-state index contributed by atoms with van der Waals surface area (Å²) >= 11 is 0. The lowest BCUT2D eigenvalue weighted by Crippen LogP contribution is -2.61. The lowest BCUT2D eigenvalue weighted by atomic mass is 10.1. The Balaban J connectivity index is 1.46. The van der Waals surface area contributed by atoms with E-state index in [-0.39, 0.29) is 18.3 Å². The number of aromatic amines is 1. The first-order chi connectivity index (χ1) is 16.5. The van der Waals surface area contributed by atoms with Crippen LogP contribution in [0.25, 0.3) is 0 Å². The molecule has 0 aliphatic carbocycles. The van der Waals surface area contributed by atoms with E-state index in [1.807, 2.05) is 61.5 Å². The number of fused-ring (bicyclic) bond motifs is 1. The second-order valence-corrected chi connectivity index (χ2v) is 8.76. The molecule has 0 spiro atoms. The van der Waals surface area contributed by atoms with Crippen molar-refractivity contribution in [3.8, 4) is 5.75 Å². The standard InChI is InChI=1S/C25H27N5O4/c1-25(13-8-14-34-25)30(19-16-33-20-12-7-6-11-18(20)29(2)23(19)31)24(32)22-26-21(27-28-22)15-17-9-4-3-5-10-17/h3-7,9-12,19H,8,13-16H2,1-2H3,(H,26,27,28)/t19?,25-/m0/s1. The average Bonchev–Trinajstić information content (AvgIpc) is 3.48. The maximum atomic E-state index is 13.8. The Hall–Kier alpha value is -3.72. The Morgan fingerprint density at radius 3 is 2.74 bits per heavy atom. The molecule has 0 bridgehead atoms. The van der Waals surface area contributed by atoms with Gasteiger partial charge in [-0.15, -0.1) is 5.10 Å². The summed E-state index contributed by atoms with van der Waals surface area (Å²) in [6.07, 6.45) is 1.89. The van der Waals surface area contributed by atoms with Crippen molar-refractivity contribution in [1.82, 2.24) is 20.1 Å². The van der Waals surface area contributed by atoms with E-state index in [4.69, 9.17) is 9.47 Å². The molecule has 0 saturated carbocycles. The zero-order valence-corrected chi connectivity index (χ0v) is 19.2. The summed E-state index contributed by atoms with van der Waals surface area (Å²) in [5.74, 6) is 0.435. The van der Waals surface area contributed by atoms with E-state index in [9.17, 15) is 9.59 Å². The van der Waals surface area contributed by atoms with Gasteiger partial charge in [-0.3, -0.25) is 19.6 Å². The molecule has 2 aromatic carbocycles. The highest BCUT2D eigenvalue weighted by Gasteiger charge is 2.48. The summed E-state index contributed by atoms with van der Waals surface area (Å²) < 4.78 is 12.0. The van der Waals surface area contributed by atoms with Crippen LogP contribution >= 0.6 is 0 Å². The van der Waals surface area contributed by atoms with Crippen LogP contribution in [0.2, 0.25) is 0 Å². The molecule has 3 aromatic rings. The molecule has 2 aliphatic rings. The average molecular weight is 462 g/mol. The summed E-state index contributed by atoms with van der Waals surface area (Å²) in [6, 6.07) is 16.2. The molecule has 2 amide bonds. The van der Waals surface area contributed by atoms with Crippen LogP contribution in [-0.2, 0) is 16.0 Å². The van der Waals surface area contributed by atoms with Gasteiger partial charge in [-0.05, 0) is 37.5 Å². The molecule has 1 unspecified atom stereocenters. The van der Waals surface area contributed by atoms with Gasteiger partial charge in [0.1, 0.15) is 29.9 Å². The smallest absolute Gasteiger partial charge is 0.296 e. The molecule has 1 N–H and O–H groups in total. The maximum Gasteiger partial charge on any atom is 0.296 e. The highest BCUT2D eigenvalue weighted by molar-refractivity contribution is 6.02. The lowest BCUT2D eigenvalue weighted by molar-refractivity contribution is -0.140. The number of anilines is 1. The number of aromatic nitrogens is 3. The van der Waals surface area contributed by atoms with Crippen molar-refractivity contribution in [3.05, 3.63) is 71.8 Å². The SMILES string of the molecule is CN1C(=O)C(N(C(=O)c2n[nH]c(Cc3ccccc3)n2)[C@]2(C)CCCO2)COc2ccccc21. The first-order valence-corrected chi connectivity index (χ1v) is 11.4. The molecule has 0 radical (unpaired) electrons.